The Morgan fingerprint density at radius 2 is 1.77 bits per heavy atom. The maximum atomic E-state index is 10.4. The van der Waals surface area contributed by atoms with Crippen molar-refractivity contribution < 1.29 is 19.1 Å². The molecule has 0 unspecified atom stereocenters. The summed E-state index contributed by atoms with van der Waals surface area (Å²) < 4.78 is 9.44. The minimum absolute atomic E-state index is 0.0377. The molecule has 0 aliphatic heterocycles. The van der Waals surface area contributed by atoms with Gasteiger partial charge in [0.2, 0.25) is 0 Å². The number of ether oxygens (including phenoxy) is 2. The number of rotatable bonds is 5. The van der Waals surface area contributed by atoms with Crippen LogP contribution in [0.2, 0.25) is 0 Å². The summed E-state index contributed by atoms with van der Waals surface area (Å²) in [6.07, 6.45) is 0.632. The lowest BCUT2D eigenvalue weighted by Crippen LogP contribution is -2.14. The van der Waals surface area contributed by atoms with Gasteiger partial charge in [0.15, 0.2) is 0 Å². The lowest BCUT2D eigenvalue weighted by molar-refractivity contribution is -0.143. The van der Waals surface area contributed by atoms with Gasteiger partial charge >= 0.3 is 11.9 Å². The lowest BCUT2D eigenvalue weighted by Gasteiger charge is -2.08. The Labute approximate surface area is 85.7 Å². The van der Waals surface area contributed by atoms with Crippen molar-refractivity contribution in [3.63, 3.8) is 0 Å². The van der Waals surface area contributed by atoms with Crippen molar-refractivity contribution in [1.82, 2.24) is 0 Å². The average Bonchev–Trinajstić information content (AvgIpc) is 2.00. The highest BCUT2D eigenvalue weighted by Crippen LogP contribution is 2.05. The van der Waals surface area contributed by atoms with E-state index in [0.717, 1.165) is 0 Å². The van der Waals surface area contributed by atoms with Crippen LogP contribution in [-0.4, -0.2) is 30.0 Å². The molecule has 0 amide bonds. The molecule has 0 bridgehead atoms. The van der Waals surface area contributed by atoms with Crippen LogP contribution in [0, 0.1) is 0 Å². The van der Waals surface area contributed by atoms with Gasteiger partial charge in [-0.2, -0.15) is 0 Å². The number of carbonyl (C=O) groups excluding carboxylic acids is 2. The normalized spacial score (nSPS) is 11.9. The van der Waals surface area contributed by atoms with Gasteiger partial charge in [-0.25, -0.2) is 0 Å². The van der Waals surface area contributed by atoms with E-state index in [4.69, 9.17) is 9.47 Å². The molecule has 0 aromatic rings. The summed E-state index contributed by atoms with van der Waals surface area (Å²) in [7, 11) is 0. The third-order valence-corrected chi connectivity index (χ3v) is 1.93. The van der Waals surface area contributed by atoms with Crippen molar-refractivity contribution in [3.05, 3.63) is 0 Å². The fourth-order valence-electron chi connectivity index (χ4n) is 0.622. The number of alkyl halides is 1. The molecule has 0 spiro atoms. The molecule has 0 aliphatic carbocycles. The molecule has 0 saturated heterocycles. The van der Waals surface area contributed by atoms with Gasteiger partial charge in [0.25, 0.3) is 0 Å². The summed E-state index contributed by atoms with van der Waals surface area (Å²) in [5.74, 6) is -0.607. The van der Waals surface area contributed by atoms with E-state index in [1.165, 1.54) is 13.8 Å². The summed E-state index contributed by atoms with van der Waals surface area (Å²) in [4.78, 5) is 20.8. The van der Waals surface area contributed by atoms with Gasteiger partial charge in [-0.05, 0) is 6.42 Å². The molecular weight excluding hydrogens is 240 g/mol. The van der Waals surface area contributed by atoms with Crippen LogP contribution in [0.25, 0.3) is 0 Å². The molecule has 1 atom stereocenters. The molecular formula is C8H13BrO4. The molecule has 4 nitrogen and oxygen atoms in total. The van der Waals surface area contributed by atoms with Gasteiger partial charge < -0.3 is 9.47 Å². The summed E-state index contributed by atoms with van der Waals surface area (Å²) in [5, 5.41) is 0. The van der Waals surface area contributed by atoms with Gasteiger partial charge in [0.1, 0.15) is 6.61 Å². The second-order valence-electron chi connectivity index (χ2n) is 2.53. The van der Waals surface area contributed by atoms with Crippen molar-refractivity contribution in [2.24, 2.45) is 0 Å². The molecule has 0 radical (unpaired) electrons. The Hall–Kier alpha value is -0.580. The molecule has 0 N–H and O–H groups in total. The molecule has 0 aliphatic rings. The van der Waals surface area contributed by atoms with Crippen molar-refractivity contribution in [2.75, 3.05) is 13.2 Å². The second kappa shape index (κ2) is 6.88. The van der Waals surface area contributed by atoms with Gasteiger partial charge in [0.05, 0.1) is 11.4 Å². The Balaban J connectivity index is 3.35. The van der Waals surface area contributed by atoms with E-state index < -0.39 is 0 Å². The Bertz CT molecular complexity index is 181. The van der Waals surface area contributed by atoms with E-state index in [2.05, 4.69) is 15.9 Å². The molecule has 0 rings (SSSR count). The smallest absolute Gasteiger partial charge is 0.302 e. The van der Waals surface area contributed by atoms with Gasteiger partial charge in [-0.1, -0.05) is 15.9 Å². The highest BCUT2D eigenvalue weighted by Gasteiger charge is 2.06. The monoisotopic (exact) mass is 252 g/mol. The first-order valence-corrected chi connectivity index (χ1v) is 4.84. The topological polar surface area (TPSA) is 52.6 Å². The molecule has 5 heteroatoms. The number of carbonyl (C=O) groups is 2. The predicted octanol–water partition coefficient (Wildman–Crippen LogP) is 1.27. The van der Waals surface area contributed by atoms with Crippen molar-refractivity contribution >= 4 is 27.9 Å². The molecule has 0 saturated carbocycles. The molecule has 0 aromatic carbocycles. The van der Waals surface area contributed by atoms with Crippen LogP contribution < -0.4 is 0 Å². The Morgan fingerprint density at radius 1 is 1.23 bits per heavy atom. The van der Waals surface area contributed by atoms with Crippen molar-refractivity contribution in [2.45, 2.75) is 25.1 Å². The summed E-state index contributed by atoms with van der Waals surface area (Å²) in [5.41, 5.74) is 0. The average molecular weight is 253 g/mol. The minimum Gasteiger partial charge on any atom is -0.466 e. The van der Waals surface area contributed by atoms with E-state index in [0.29, 0.717) is 19.6 Å². The van der Waals surface area contributed by atoms with Crippen LogP contribution in [0.3, 0.4) is 0 Å². The summed E-state index contributed by atoms with van der Waals surface area (Å²) in [6, 6.07) is 0. The number of esters is 2. The van der Waals surface area contributed by atoms with Crippen molar-refractivity contribution in [1.29, 1.82) is 0 Å². The van der Waals surface area contributed by atoms with Crippen LogP contribution >= 0.6 is 15.9 Å². The standard InChI is InChI=1S/C8H13BrO4/c1-6(10)12-4-3-8(9)5-13-7(2)11/h8H,3-5H2,1-2H3/t8-/m1/s1. The maximum Gasteiger partial charge on any atom is 0.302 e. The van der Waals surface area contributed by atoms with E-state index in [1.807, 2.05) is 0 Å². The number of halogens is 1. The zero-order chi connectivity index (χ0) is 10.3. The third kappa shape index (κ3) is 9.33. The van der Waals surface area contributed by atoms with Crippen LogP contribution in [0.5, 0.6) is 0 Å². The molecule has 0 fully saturated rings. The Morgan fingerprint density at radius 3 is 2.23 bits per heavy atom. The van der Waals surface area contributed by atoms with Crippen LogP contribution in [0.4, 0.5) is 0 Å². The Kier molecular flexibility index (Phi) is 6.58. The highest BCUT2D eigenvalue weighted by molar-refractivity contribution is 9.09. The van der Waals surface area contributed by atoms with E-state index in [1.54, 1.807) is 0 Å². The first-order valence-electron chi connectivity index (χ1n) is 3.93. The lowest BCUT2D eigenvalue weighted by atomic mass is 10.3. The zero-order valence-electron chi connectivity index (χ0n) is 7.71. The van der Waals surface area contributed by atoms with E-state index in [-0.39, 0.29) is 16.8 Å². The number of hydrogen-bond acceptors (Lipinski definition) is 4. The first-order chi connectivity index (χ1) is 6.02. The fourth-order valence-corrected chi connectivity index (χ4v) is 0.941. The molecule has 76 valence electrons. The van der Waals surface area contributed by atoms with Gasteiger partial charge in [-0.15, -0.1) is 0 Å². The highest BCUT2D eigenvalue weighted by atomic mass is 79.9. The van der Waals surface area contributed by atoms with Gasteiger partial charge in [-0.3, -0.25) is 9.59 Å². The SMILES string of the molecule is CC(=O)OCC[C@@H](Br)COC(C)=O. The fraction of sp³-hybridized carbons (Fsp3) is 0.750. The second-order valence-corrected chi connectivity index (χ2v) is 3.82. The summed E-state index contributed by atoms with van der Waals surface area (Å²) >= 11 is 3.29. The van der Waals surface area contributed by atoms with Gasteiger partial charge in [0, 0.05) is 13.8 Å². The van der Waals surface area contributed by atoms with Crippen LogP contribution in [0.15, 0.2) is 0 Å². The molecule has 0 aromatic heterocycles. The number of hydrogen-bond donors (Lipinski definition) is 0. The van der Waals surface area contributed by atoms with E-state index in [9.17, 15) is 9.59 Å². The minimum atomic E-state index is -0.308. The van der Waals surface area contributed by atoms with Crippen LogP contribution in [-0.2, 0) is 19.1 Å². The maximum absolute atomic E-state index is 10.4. The molecule has 0 heterocycles. The van der Waals surface area contributed by atoms with Crippen LogP contribution in [0.1, 0.15) is 20.3 Å². The van der Waals surface area contributed by atoms with E-state index >= 15 is 0 Å². The van der Waals surface area contributed by atoms with Crippen molar-refractivity contribution in [3.8, 4) is 0 Å². The third-order valence-electron chi connectivity index (χ3n) is 1.20. The zero-order valence-corrected chi connectivity index (χ0v) is 9.30. The quantitative estimate of drug-likeness (QED) is 0.546. The molecule has 13 heavy (non-hydrogen) atoms. The predicted molar refractivity (Wildman–Crippen MR) is 50.6 cm³/mol. The first kappa shape index (κ1) is 12.4. The largest absolute Gasteiger partial charge is 0.466 e. The summed E-state index contributed by atoms with van der Waals surface area (Å²) in [6.45, 7) is 3.35.